The molecule has 1 rings (SSSR count). The predicted octanol–water partition coefficient (Wildman–Crippen LogP) is 7.56. The zero-order valence-electron chi connectivity index (χ0n) is 21.9. The van der Waals surface area contributed by atoms with Crippen LogP contribution < -0.4 is 0 Å². The van der Waals surface area contributed by atoms with Crippen LogP contribution in [0.3, 0.4) is 0 Å². The first-order chi connectivity index (χ1) is 16.2. The molecule has 1 aromatic rings. The molecule has 1 aromatic carbocycles. The first-order valence-electron chi connectivity index (χ1n) is 14.0. The van der Waals surface area contributed by atoms with Gasteiger partial charge in [0.25, 0.3) is 0 Å². The molecule has 0 radical (unpaired) electrons. The number of hydrogen-bond acceptors (Lipinski definition) is 3. The monoisotopic (exact) mass is 462 g/mol. The Balaban J connectivity index is 2.92. The van der Waals surface area contributed by atoms with Gasteiger partial charge in [-0.05, 0) is 18.4 Å². The molecular formula is C30H54O3. The van der Waals surface area contributed by atoms with Crippen LogP contribution in [0.1, 0.15) is 129 Å². The maximum atomic E-state index is 10.5. The number of benzene rings is 1. The molecule has 0 amide bonds. The van der Waals surface area contributed by atoms with Gasteiger partial charge in [-0.25, -0.2) is 0 Å². The highest BCUT2D eigenvalue weighted by Gasteiger charge is 2.50. The number of hydrogen-bond donors (Lipinski definition) is 3. The highest BCUT2D eigenvalue weighted by atomic mass is 16.3. The summed E-state index contributed by atoms with van der Waals surface area (Å²) < 4.78 is 0. The van der Waals surface area contributed by atoms with Crippen LogP contribution in [-0.2, 0) is 5.41 Å². The maximum Gasteiger partial charge on any atom is 0.0540 e. The Hall–Kier alpha value is -0.900. The summed E-state index contributed by atoms with van der Waals surface area (Å²) in [4.78, 5) is 0. The van der Waals surface area contributed by atoms with Crippen LogP contribution >= 0.6 is 0 Å². The predicted molar refractivity (Wildman–Crippen MR) is 142 cm³/mol. The molecule has 3 nitrogen and oxygen atoms in total. The molecule has 0 aliphatic carbocycles. The van der Waals surface area contributed by atoms with Gasteiger partial charge in [0.15, 0.2) is 0 Å². The van der Waals surface area contributed by atoms with Crippen molar-refractivity contribution in [2.24, 2.45) is 5.41 Å². The van der Waals surface area contributed by atoms with E-state index in [0.717, 1.165) is 31.2 Å². The normalized spacial score (nSPS) is 13.8. The molecule has 0 aliphatic rings. The highest BCUT2D eigenvalue weighted by molar-refractivity contribution is 5.29. The third kappa shape index (κ3) is 9.70. The Morgan fingerprint density at radius 2 is 0.879 bits per heavy atom. The van der Waals surface area contributed by atoms with E-state index >= 15 is 0 Å². The van der Waals surface area contributed by atoms with Crippen molar-refractivity contribution in [2.75, 3.05) is 19.8 Å². The van der Waals surface area contributed by atoms with E-state index in [9.17, 15) is 15.3 Å². The zero-order valence-corrected chi connectivity index (χ0v) is 21.9. The third-order valence-corrected chi connectivity index (χ3v) is 7.91. The van der Waals surface area contributed by atoms with E-state index in [-0.39, 0.29) is 19.8 Å². The van der Waals surface area contributed by atoms with E-state index in [1.54, 1.807) is 0 Å². The van der Waals surface area contributed by atoms with Crippen molar-refractivity contribution in [2.45, 2.75) is 128 Å². The van der Waals surface area contributed by atoms with Crippen molar-refractivity contribution in [1.82, 2.24) is 0 Å². The Morgan fingerprint density at radius 3 is 1.24 bits per heavy atom. The lowest BCUT2D eigenvalue weighted by Crippen LogP contribution is -2.53. The largest absolute Gasteiger partial charge is 0.396 e. The minimum atomic E-state index is -0.905. The topological polar surface area (TPSA) is 60.7 Å². The summed E-state index contributed by atoms with van der Waals surface area (Å²) >= 11 is 0. The molecule has 0 saturated heterocycles. The molecule has 3 N–H and O–H groups in total. The molecule has 0 spiro atoms. The quantitative estimate of drug-likeness (QED) is 0.156. The molecule has 192 valence electrons. The van der Waals surface area contributed by atoms with Gasteiger partial charge in [0.05, 0.1) is 19.8 Å². The second-order valence-electron chi connectivity index (χ2n) is 10.3. The number of rotatable bonds is 22. The van der Waals surface area contributed by atoms with E-state index in [4.69, 9.17) is 0 Å². The van der Waals surface area contributed by atoms with Crippen LogP contribution in [0.5, 0.6) is 0 Å². The van der Waals surface area contributed by atoms with Gasteiger partial charge >= 0.3 is 0 Å². The molecular weight excluding hydrogens is 408 g/mol. The minimum absolute atomic E-state index is 0.192. The van der Waals surface area contributed by atoms with E-state index < -0.39 is 10.8 Å². The van der Waals surface area contributed by atoms with Gasteiger partial charge in [0, 0.05) is 10.8 Å². The van der Waals surface area contributed by atoms with Gasteiger partial charge < -0.3 is 15.3 Å². The average Bonchev–Trinajstić information content (AvgIpc) is 2.86. The van der Waals surface area contributed by atoms with Crippen molar-refractivity contribution in [3.63, 3.8) is 0 Å². The van der Waals surface area contributed by atoms with Gasteiger partial charge in [-0.3, -0.25) is 0 Å². The minimum Gasteiger partial charge on any atom is -0.396 e. The number of aliphatic hydroxyl groups is 3. The van der Waals surface area contributed by atoms with E-state index in [2.05, 4.69) is 38.1 Å². The lowest BCUT2D eigenvalue weighted by molar-refractivity contribution is -0.0649. The summed E-state index contributed by atoms with van der Waals surface area (Å²) in [5, 5.41) is 31.4. The van der Waals surface area contributed by atoms with Crippen LogP contribution in [0.2, 0.25) is 0 Å². The Morgan fingerprint density at radius 1 is 0.515 bits per heavy atom. The fourth-order valence-corrected chi connectivity index (χ4v) is 5.56. The van der Waals surface area contributed by atoms with Crippen molar-refractivity contribution in [1.29, 1.82) is 0 Å². The van der Waals surface area contributed by atoms with Crippen molar-refractivity contribution in [3.05, 3.63) is 35.9 Å². The van der Waals surface area contributed by atoms with Gasteiger partial charge in [0.1, 0.15) is 0 Å². The lowest BCUT2D eigenvalue weighted by atomic mass is 9.56. The molecule has 1 unspecified atom stereocenters. The van der Waals surface area contributed by atoms with E-state index in [0.29, 0.717) is 0 Å². The van der Waals surface area contributed by atoms with Crippen molar-refractivity contribution < 1.29 is 15.3 Å². The third-order valence-electron chi connectivity index (χ3n) is 7.91. The van der Waals surface area contributed by atoms with Crippen LogP contribution in [0.4, 0.5) is 0 Å². The van der Waals surface area contributed by atoms with Crippen molar-refractivity contribution >= 4 is 0 Å². The van der Waals surface area contributed by atoms with Crippen LogP contribution in [0, 0.1) is 5.41 Å². The van der Waals surface area contributed by atoms with E-state index in [1.165, 1.54) is 83.5 Å². The summed E-state index contributed by atoms with van der Waals surface area (Å²) in [5.41, 5.74) is -0.147. The molecule has 0 saturated carbocycles. The summed E-state index contributed by atoms with van der Waals surface area (Å²) in [5.74, 6) is 0. The summed E-state index contributed by atoms with van der Waals surface area (Å²) in [6, 6.07) is 10.4. The Labute approximate surface area is 205 Å². The molecule has 0 fully saturated rings. The first kappa shape index (κ1) is 30.1. The molecule has 0 aliphatic heterocycles. The van der Waals surface area contributed by atoms with Gasteiger partial charge in [-0.15, -0.1) is 0 Å². The Bertz CT molecular complexity index is 547. The lowest BCUT2D eigenvalue weighted by Gasteiger charge is -2.49. The Kier molecular flexibility index (Phi) is 16.8. The standard InChI is InChI=1S/C30H54O3/c1-3-5-7-9-11-13-15-20-24-30(28-21-17-16-18-22-28,29(25-31,26-32)27-33)23-19-14-12-10-8-6-4-2/h16-18,21-22,31-33H,3-15,19-20,23-27H2,1-2H3. The van der Waals surface area contributed by atoms with Crippen LogP contribution in [-0.4, -0.2) is 35.1 Å². The highest BCUT2D eigenvalue weighted by Crippen LogP contribution is 2.49. The molecule has 0 aromatic heterocycles. The van der Waals surface area contributed by atoms with Gasteiger partial charge in [-0.1, -0.05) is 140 Å². The van der Waals surface area contributed by atoms with E-state index in [1.807, 2.05) is 6.07 Å². The van der Waals surface area contributed by atoms with Gasteiger partial charge in [0.2, 0.25) is 0 Å². The summed E-state index contributed by atoms with van der Waals surface area (Å²) in [6.07, 6.45) is 20.5. The number of aliphatic hydroxyl groups excluding tert-OH is 3. The molecule has 0 heterocycles. The molecule has 33 heavy (non-hydrogen) atoms. The van der Waals surface area contributed by atoms with Crippen LogP contribution in [0.15, 0.2) is 30.3 Å². The first-order valence-corrected chi connectivity index (χ1v) is 14.0. The second kappa shape index (κ2) is 18.4. The average molecular weight is 463 g/mol. The molecule has 0 bridgehead atoms. The second-order valence-corrected chi connectivity index (χ2v) is 10.3. The van der Waals surface area contributed by atoms with Gasteiger partial charge in [-0.2, -0.15) is 0 Å². The fraction of sp³-hybridized carbons (Fsp3) is 0.800. The summed E-state index contributed by atoms with van der Waals surface area (Å²) in [6.45, 7) is 3.93. The SMILES string of the molecule is CCCCCCCCCCC(CCCCCCCCC)(c1ccccc1)C(CO)(CO)CO. The smallest absolute Gasteiger partial charge is 0.0540 e. The molecule has 3 heteroatoms. The number of unbranched alkanes of at least 4 members (excludes halogenated alkanes) is 13. The maximum absolute atomic E-state index is 10.5. The zero-order chi connectivity index (χ0) is 24.3. The molecule has 1 atom stereocenters. The van der Waals surface area contributed by atoms with Crippen molar-refractivity contribution in [3.8, 4) is 0 Å². The summed E-state index contributed by atoms with van der Waals surface area (Å²) in [7, 11) is 0. The fourth-order valence-electron chi connectivity index (χ4n) is 5.56. The van der Waals surface area contributed by atoms with Crippen LogP contribution in [0.25, 0.3) is 0 Å².